The highest BCUT2D eigenvalue weighted by atomic mass is 16.5. The average molecular weight is 357 g/mol. The van der Waals surface area contributed by atoms with Gasteiger partial charge in [-0.2, -0.15) is 0 Å². The van der Waals surface area contributed by atoms with Crippen LogP contribution in [0, 0.1) is 0 Å². The normalized spacial score (nSPS) is 19.1. The summed E-state index contributed by atoms with van der Waals surface area (Å²) in [4.78, 5) is 4.61. The quantitative estimate of drug-likeness (QED) is 0.881. The van der Waals surface area contributed by atoms with Gasteiger partial charge in [-0.1, -0.05) is 0 Å². The fraction of sp³-hybridized carbons (Fsp3) is 0.550. The summed E-state index contributed by atoms with van der Waals surface area (Å²) in [5.41, 5.74) is 3.74. The number of ether oxygens (including phenoxy) is 2. The van der Waals surface area contributed by atoms with Gasteiger partial charge in [-0.05, 0) is 44.9 Å². The molecule has 2 N–H and O–H groups in total. The molecule has 1 fully saturated rings. The van der Waals surface area contributed by atoms with Crippen LogP contribution in [0.5, 0.6) is 5.88 Å². The largest absolute Gasteiger partial charge is 0.494 e. The lowest BCUT2D eigenvalue weighted by Gasteiger charge is -2.24. The lowest BCUT2D eigenvalue weighted by molar-refractivity contribution is 0.0904. The third-order valence-electron chi connectivity index (χ3n) is 5.15. The van der Waals surface area contributed by atoms with E-state index < -0.39 is 0 Å². The van der Waals surface area contributed by atoms with Crippen molar-refractivity contribution in [3.05, 3.63) is 23.8 Å². The first-order chi connectivity index (χ1) is 12.6. The number of fused-ring (bicyclic) bond motifs is 1. The molecule has 140 valence electrons. The molecule has 4 rings (SSSR count). The van der Waals surface area contributed by atoms with Crippen molar-refractivity contribution in [2.75, 3.05) is 38.3 Å². The first kappa shape index (κ1) is 17.4. The predicted molar refractivity (Wildman–Crippen MR) is 104 cm³/mol. The van der Waals surface area contributed by atoms with Crippen LogP contribution in [0.3, 0.4) is 0 Å². The van der Waals surface area contributed by atoms with Gasteiger partial charge in [0, 0.05) is 36.4 Å². The summed E-state index contributed by atoms with van der Waals surface area (Å²) < 4.78 is 13.0. The molecule has 26 heavy (non-hydrogen) atoms. The van der Waals surface area contributed by atoms with Crippen molar-refractivity contribution in [2.24, 2.45) is 4.99 Å². The summed E-state index contributed by atoms with van der Waals surface area (Å²) in [6.45, 7) is 7.51. The number of nitrogens with zero attached hydrogens (tertiary/aromatic N) is 2. The number of nitrogens with one attached hydrogen (secondary N) is 1. The second kappa shape index (κ2) is 7.29. The highest BCUT2D eigenvalue weighted by Crippen LogP contribution is 2.37. The molecule has 0 atom stereocenters. The van der Waals surface area contributed by atoms with Gasteiger partial charge in [-0.3, -0.25) is 4.99 Å². The van der Waals surface area contributed by atoms with Gasteiger partial charge < -0.3 is 24.5 Å². The maximum absolute atomic E-state index is 10.9. The van der Waals surface area contributed by atoms with E-state index in [1.807, 2.05) is 4.57 Å². The van der Waals surface area contributed by atoms with Crippen LogP contribution in [-0.4, -0.2) is 54.4 Å². The Hall–Kier alpha value is -2.05. The molecule has 1 saturated heterocycles. The number of benzene rings is 1. The molecule has 0 aliphatic carbocycles. The zero-order valence-electron chi connectivity index (χ0n) is 15.5. The number of anilines is 1. The number of rotatable bonds is 4. The van der Waals surface area contributed by atoms with Gasteiger partial charge in [0.15, 0.2) is 0 Å². The first-order valence-electron chi connectivity index (χ1n) is 9.48. The minimum atomic E-state index is 0.158. The average Bonchev–Trinajstić information content (AvgIpc) is 2.94. The molecule has 2 aromatic rings. The summed E-state index contributed by atoms with van der Waals surface area (Å²) in [7, 11) is 0. The molecule has 0 amide bonds. The van der Waals surface area contributed by atoms with Crippen LogP contribution in [0.25, 0.3) is 10.9 Å². The summed E-state index contributed by atoms with van der Waals surface area (Å²) in [6.07, 6.45) is 2.04. The van der Waals surface area contributed by atoms with E-state index in [1.165, 1.54) is 0 Å². The Kier molecular flexibility index (Phi) is 4.87. The van der Waals surface area contributed by atoms with Gasteiger partial charge in [0.2, 0.25) is 5.88 Å². The Morgan fingerprint density at radius 3 is 2.69 bits per heavy atom. The summed E-state index contributed by atoms with van der Waals surface area (Å²) in [5.74, 6) is 0.280. The first-order valence-corrected chi connectivity index (χ1v) is 9.48. The third-order valence-corrected chi connectivity index (χ3v) is 5.15. The zero-order chi connectivity index (χ0) is 18.1. The SMILES string of the molecule is CC(C)n1c(O)c(C2=NCCOC2)c2cc(NC3CCOCC3)ccc21. The molecule has 2 aliphatic rings. The van der Waals surface area contributed by atoms with Crippen molar-refractivity contribution in [1.29, 1.82) is 0 Å². The third kappa shape index (κ3) is 3.19. The maximum Gasteiger partial charge on any atom is 0.201 e. The molecule has 0 spiro atoms. The Labute approximate surface area is 153 Å². The molecule has 6 heteroatoms. The molecule has 1 aromatic heterocycles. The molecule has 3 heterocycles. The number of hydrogen-bond donors (Lipinski definition) is 2. The number of hydrogen-bond acceptors (Lipinski definition) is 5. The van der Waals surface area contributed by atoms with E-state index in [9.17, 15) is 5.11 Å². The number of aromatic nitrogens is 1. The molecule has 1 aromatic carbocycles. The van der Waals surface area contributed by atoms with Crippen molar-refractivity contribution >= 4 is 22.3 Å². The monoisotopic (exact) mass is 357 g/mol. The maximum atomic E-state index is 10.9. The van der Waals surface area contributed by atoms with E-state index in [-0.39, 0.29) is 11.9 Å². The van der Waals surface area contributed by atoms with Crippen molar-refractivity contribution in [3.63, 3.8) is 0 Å². The number of aromatic hydroxyl groups is 1. The fourth-order valence-electron chi connectivity index (χ4n) is 3.89. The van der Waals surface area contributed by atoms with E-state index in [0.29, 0.717) is 25.8 Å². The fourth-order valence-corrected chi connectivity index (χ4v) is 3.89. The van der Waals surface area contributed by atoms with Crippen molar-refractivity contribution < 1.29 is 14.6 Å². The van der Waals surface area contributed by atoms with Crippen LogP contribution < -0.4 is 5.32 Å². The van der Waals surface area contributed by atoms with Gasteiger partial charge in [-0.25, -0.2) is 0 Å². The topological polar surface area (TPSA) is 68.0 Å². The smallest absolute Gasteiger partial charge is 0.201 e. The van der Waals surface area contributed by atoms with Crippen LogP contribution in [0.2, 0.25) is 0 Å². The van der Waals surface area contributed by atoms with Gasteiger partial charge in [0.05, 0.1) is 36.6 Å². The Balaban J connectivity index is 1.78. The Bertz CT molecular complexity index is 819. The van der Waals surface area contributed by atoms with E-state index in [0.717, 1.165) is 53.9 Å². The van der Waals surface area contributed by atoms with E-state index in [1.54, 1.807) is 0 Å². The van der Waals surface area contributed by atoms with Crippen molar-refractivity contribution in [1.82, 2.24) is 4.57 Å². The van der Waals surface area contributed by atoms with Crippen molar-refractivity contribution in [2.45, 2.75) is 38.8 Å². The summed E-state index contributed by atoms with van der Waals surface area (Å²) in [5, 5.41) is 15.6. The molecule has 2 aliphatic heterocycles. The molecular weight excluding hydrogens is 330 g/mol. The van der Waals surface area contributed by atoms with Crippen LogP contribution in [-0.2, 0) is 9.47 Å². The van der Waals surface area contributed by atoms with Crippen molar-refractivity contribution in [3.8, 4) is 5.88 Å². The highest BCUT2D eigenvalue weighted by Gasteiger charge is 2.24. The Morgan fingerprint density at radius 1 is 1.19 bits per heavy atom. The van der Waals surface area contributed by atoms with E-state index in [2.05, 4.69) is 42.4 Å². The van der Waals surface area contributed by atoms with E-state index in [4.69, 9.17) is 9.47 Å². The van der Waals surface area contributed by atoms with Crippen LogP contribution in [0.4, 0.5) is 5.69 Å². The van der Waals surface area contributed by atoms with Gasteiger partial charge in [0.25, 0.3) is 0 Å². The molecule has 0 saturated carbocycles. The molecule has 0 radical (unpaired) electrons. The van der Waals surface area contributed by atoms with Crippen LogP contribution >= 0.6 is 0 Å². The lowest BCUT2D eigenvalue weighted by Crippen LogP contribution is -2.27. The Morgan fingerprint density at radius 2 is 2.00 bits per heavy atom. The minimum absolute atomic E-state index is 0.158. The van der Waals surface area contributed by atoms with Gasteiger partial charge in [-0.15, -0.1) is 0 Å². The number of aliphatic imine (C=N–C) groups is 1. The predicted octanol–water partition coefficient (Wildman–Crippen LogP) is 3.34. The standard InChI is InChI=1S/C20H27N3O3/c1-13(2)23-18-4-3-15(22-14-5-8-25-9-6-14)11-16(18)19(20(23)24)17-12-26-10-7-21-17/h3-4,11,13-14,22,24H,5-10,12H2,1-2H3. The van der Waals surface area contributed by atoms with Crippen LogP contribution in [0.15, 0.2) is 23.2 Å². The molecule has 6 nitrogen and oxygen atoms in total. The van der Waals surface area contributed by atoms with Crippen LogP contribution in [0.1, 0.15) is 38.3 Å². The molecule has 0 unspecified atom stereocenters. The lowest BCUT2D eigenvalue weighted by atomic mass is 10.1. The molecule has 0 bridgehead atoms. The second-order valence-electron chi connectivity index (χ2n) is 7.31. The molecular formula is C20H27N3O3. The highest BCUT2D eigenvalue weighted by molar-refractivity contribution is 6.14. The van der Waals surface area contributed by atoms with Gasteiger partial charge in [0.1, 0.15) is 0 Å². The summed E-state index contributed by atoms with van der Waals surface area (Å²) >= 11 is 0. The van der Waals surface area contributed by atoms with E-state index >= 15 is 0 Å². The van der Waals surface area contributed by atoms with Gasteiger partial charge >= 0.3 is 0 Å². The minimum Gasteiger partial charge on any atom is -0.494 e. The second-order valence-corrected chi connectivity index (χ2v) is 7.31. The summed E-state index contributed by atoms with van der Waals surface area (Å²) in [6, 6.07) is 6.91. The zero-order valence-corrected chi connectivity index (χ0v) is 15.5.